The molecule has 0 saturated heterocycles. The monoisotopic (exact) mass is 176 g/mol. The molecule has 0 atom stereocenters. The van der Waals surface area contributed by atoms with Crippen LogP contribution in [-0.4, -0.2) is 11.4 Å². The van der Waals surface area contributed by atoms with Gasteiger partial charge < -0.3 is 10.2 Å². The van der Waals surface area contributed by atoms with Crippen molar-refractivity contribution in [2.45, 2.75) is 13.8 Å². The fraction of sp³-hybridized carbons (Fsp3) is 0.273. The molecular weight excluding hydrogens is 160 g/mol. The van der Waals surface area contributed by atoms with Crippen LogP contribution in [0.15, 0.2) is 48.6 Å². The maximum absolute atomic E-state index is 3.90. The summed E-state index contributed by atoms with van der Waals surface area (Å²) in [6.45, 7) is 16.5. The van der Waals surface area contributed by atoms with Gasteiger partial charge in [0.2, 0.25) is 0 Å². The molecule has 70 valence electrons. The van der Waals surface area contributed by atoms with E-state index in [1.165, 1.54) is 0 Å². The first-order valence-electron chi connectivity index (χ1n) is 4.25. The Labute approximate surface area is 79.9 Å². The molecule has 0 saturated carbocycles. The van der Waals surface area contributed by atoms with Gasteiger partial charge in [-0.05, 0) is 19.4 Å². The zero-order chi connectivity index (χ0) is 10.0. The van der Waals surface area contributed by atoms with Crippen LogP contribution in [0.1, 0.15) is 13.8 Å². The Morgan fingerprint density at radius 3 is 2.69 bits per heavy atom. The van der Waals surface area contributed by atoms with Crippen LogP contribution >= 0.6 is 0 Å². The Hall–Kier alpha value is -1.44. The Morgan fingerprint density at radius 1 is 1.54 bits per heavy atom. The van der Waals surface area contributed by atoms with Crippen molar-refractivity contribution in [3.8, 4) is 0 Å². The fourth-order valence-corrected chi connectivity index (χ4v) is 1.17. The van der Waals surface area contributed by atoms with Crippen LogP contribution < -0.4 is 5.32 Å². The maximum Gasteiger partial charge on any atom is 0.103 e. The van der Waals surface area contributed by atoms with Crippen molar-refractivity contribution in [1.29, 1.82) is 0 Å². The van der Waals surface area contributed by atoms with Gasteiger partial charge in [-0.2, -0.15) is 0 Å². The van der Waals surface area contributed by atoms with Gasteiger partial charge in [-0.1, -0.05) is 25.3 Å². The van der Waals surface area contributed by atoms with Gasteiger partial charge >= 0.3 is 0 Å². The Kier molecular flexibility index (Phi) is 2.61. The molecule has 1 heterocycles. The average molecular weight is 176 g/mol. The summed E-state index contributed by atoms with van der Waals surface area (Å²) in [5.74, 6) is 0.860. The lowest BCUT2D eigenvalue weighted by atomic mass is 10.2. The lowest BCUT2D eigenvalue weighted by Crippen LogP contribution is -2.32. The highest BCUT2D eigenvalue weighted by atomic mass is 15.2. The number of hydrogen-bond donors (Lipinski definition) is 1. The Balaban J connectivity index is 2.81. The summed E-state index contributed by atoms with van der Waals surface area (Å²) in [6.07, 6.45) is 2.04. The van der Waals surface area contributed by atoms with E-state index in [1.54, 1.807) is 0 Å². The van der Waals surface area contributed by atoms with E-state index >= 15 is 0 Å². The molecular formula is C11H16N2. The van der Waals surface area contributed by atoms with Crippen molar-refractivity contribution >= 4 is 0 Å². The quantitative estimate of drug-likeness (QED) is 0.650. The van der Waals surface area contributed by atoms with Gasteiger partial charge in [-0.3, -0.25) is 0 Å². The minimum atomic E-state index is 0.802. The smallest absolute Gasteiger partial charge is 0.103 e. The van der Waals surface area contributed by atoms with Crippen LogP contribution in [0.2, 0.25) is 0 Å². The van der Waals surface area contributed by atoms with Crippen LogP contribution in [-0.2, 0) is 0 Å². The SMILES string of the molecule is C=C(C)CN1C=C(C)C(=C)NC1=C. The highest BCUT2D eigenvalue weighted by molar-refractivity contribution is 5.32. The third-order valence-corrected chi connectivity index (χ3v) is 1.91. The van der Waals surface area contributed by atoms with Crippen LogP contribution in [0.25, 0.3) is 0 Å². The molecule has 0 aromatic heterocycles. The summed E-state index contributed by atoms with van der Waals surface area (Å²) in [4.78, 5) is 2.03. The molecule has 1 rings (SSSR count). The molecule has 0 amide bonds. The molecule has 0 spiro atoms. The minimum absolute atomic E-state index is 0.802. The van der Waals surface area contributed by atoms with E-state index in [0.29, 0.717) is 0 Å². The standard InChI is InChI=1S/C11H16N2/c1-8(2)6-13-7-9(3)10(4)12-11(13)5/h7,12H,1,4-6H2,2-3H3. The fourth-order valence-electron chi connectivity index (χ4n) is 1.17. The van der Waals surface area contributed by atoms with Gasteiger partial charge in [0.25, 0.3) is 0 Å². The molecule has 0 aliphatic carbocycles. The van der Waals surface area contributed by atoms with E-state index in [9.17, 15) is 0 Å². The van der Waals surface area contributed by atoms with E-state index < -0.39 is 0 Å². The second-order valence-corrected chi connectivity index (χ2v) is 3.45. The molecule has 0 aromatic carbocycles. The lowest BCUT2D eigenvalue weighted by molar-refractivity contribution is 0.457. The summed E-state index contributed by atoms with van der Waals surface area (Å²) >= 11 is 0. The van der Waals surface area contributed by atoms with E-state index in [4.69, 9.17) is 0 Å². The molecule has 0 radical (unpaired) electrons. The number of nitrogens with zero attached hydrogens (tertiary/aromatic N) is 1. The van der Waals surface area contributed by atoms with Crippen molar-refractivity contribution in [3.63, 3.8) is 0 Å². The lowest BCUT2D eigenvalue weighted by Gasteiger charge is -2.30. The molecule has 0 fully saturated rings. The zero-order valence-corrected chi connectivity index (χ0v) is 8.35. The van der Waals surface area contributed by atoms with Gasteiger partial charge in [-0.25, -0.2) is 0 Å². The second-order valence-electron chi connectivity index (χ2n) is 3.45. The molecule has 1 aliphatic heterocycles. The third-order valence-electron chi connectivity index (χ3n) is 1.91. The van der Waals surface area contributed by atoms with Gasteiger partial charge in [0.15, 0.2) is 0 Å². The van der Waals surface area contributed by atoms with Crippen LogP contribution in [0.5, 0.6) is 0 Å². The largest absolute Gasteiger partial charge is 0.342 e. The summed E-state index contributed by atoms with van der Waals surface area (Å²) < 4.78 is 0. The summed E-state index contributed by atoms with van der Waals surface area (Å²) in [5, 5.41) is 3.11. The van der Waals surface area contributed by atoms with Crippen molar-refractivity contribution in [1.82, 2.24) is 10.2 Å². The predicted octanol–water partition coefficient (Wildman–Crippen LogP) is 2.36. The second kappa shape index (κ2) is 3.52. The van der Waals surface area contributed by atoms with Gasteiger partial charge in [0.1, 0.15) is 5.82 Å². The van der Waals surface area contributed by atoms with E-state index in [1.807, 2.05) is 24.9 Å². The van der Waals surface area contributed by atoms with Gasteiger partial charge in [-0.15, -0.1) is 0 Å². The van der Waals surface area contributed by atoms with E-state index in [-0.39, 0.29) is 0 Å². The number of rotatable bonds is 2. The molecule has 2 nitrogen and oxygen atoms in total. The molecule has 1 aliphatic rings. The Morgan fingerprint density at radius 2 is 2.15 bits per heavy atom. The molecule has 0 aromatic rings. The van der Waals surface area contributed by atoms with Crippen molar-refractivity contribution < 1.29 is 0 Å². The highest BCUT2D eigenvalue weighted by Gasteiger charge is 2.12. The number of nitrogens with one attached hydrogen (secondary N) is 1. The Bertz CT molecular complexity index is 297. The molecule has 0 unspecified atom stereocenters. The minimum Gasteiger partial charge on any atom is -0.342 e. The normalized spacial score (nSPS) is 16.8. The molecule has 13 heavy (non-hydrogen) atoms. The van der Waals surface area contributed by atoms with Crippen LogP contribution in [0.3, 0.4) is 0 Å². The van der Waals surface area contributed by atoms with Crippen LogP contribution in [0, 0.1) is 0 Å². The zero-order valence-electron chi connectivity index (χ0n) is 8.35. The topological polar surface area (TPSA) is 15.3 Å². The van der Waals surface area contributed by atoms with Crippen molar-refractivity contribution in [3.05, 3.63) is 48.6 Å². The van der Waals surface area contributed by atoms with Gasteiger partial charge in [0.05, 0.1) is 0 Å². The summed E-state index contributed by atoms with van der Waals surface area (Å²) in [6, 6.07) is 0. The summed E-state index contributed by atoms with van der Waals surface area (Å²) in [7, 11) is 0. The maximum atomic E-state index is 3.90. The first-order chi connectivity index (χ1) is 6.00. The molecule has 0 bridgehead atoms. The third kappa shape index (κ3) is 2.25. The molecule has 1 N–H and O–H groups in total. The first-order valence-corrected chi connectivity index (χ1v) is 4.25. The summed E-state index contributed by atoms with van der Waals surface area (Å²) in [5.41, 5.74) is 3.16. The number of allylic oxidation sites excluding steroid dienone is 1. The average Bonchev–Trinajstić information content (AvgIpc) is 1.99. The van der Waals surface area contributed by atoms with E-state index in [0.717, 1.165) is 29.2 Å². The van der Waals surface area contributed by atoms with Crippen molar-refractivity contribution in [2.24, 2.45) is 0 Å². The van der Waals surface area contributed by atoms with Crippen LogP contribution in [0.4, 0.5) is 0 Å². The molecule has 2 heteroatoms. The predicted molar refractivity (Wildman–Crippen MR) is 56.7 cm³/mol. The highest BCUT2D eigenvalue weighted by Crippen LogP contribution is 2.17. The van der Waals surface area contributed by atoms with Crippen molar-refractivity contribution in [2.75, 3.05) is 6.54 Å². The number of hydrogen-bond acceptors (Lipinski definition) is 2. The van der Waals surface area contributed by atoms with E-state index in [2.05, 4.69) is 25.1 Å². The first kappa shape index (κ1) is 9.65. The van der Waals surface area contributed by atoms with Gasteiger partial charge in [0, 0.05) is 18.4 Å².